The van der Waals surface area contributed by atoms with Crippen LogP contribution in [0.25, 0.3) is 0 Å². The zero-order chi connectivity index (χ0) is 23.5. The summed E-state index contributed by atoms with van der Waals surface area (Å²) in [6.07, 6.45) is 13.0. The minimum atomic E-state index is -0.129. The molecular formula is C31H52O. The van der Waals surface area contributed by atoms with Crippen LogP contribution in [0.2, 0.25) is 0 Å². The van der Waals surface area contributed by atoms with Crippen LogP contribution in [0.5, 0.6) is 0 Å². The van der Waals surface area contributed by atoms with Crippen LogP contribution in [-0.2, 0) is 0 Å². The number of fused-ring (bicyclic) bond motifs is 7. The van der Waals surface area contributed by atoms with Crippen molar-refractivity contribution in [3.05, 3.63) is 11.6 Å². The molecule has 0 saturated heterocycles. The molecule has 11 atom stereocenters. The lowest BCUT2D eigenvalue weighted by Crippen LogP contribution is -2.65. The number of rotatable bonds is 0. The van der Waals surface area contributed by atoms with Crippen molar-refractivity contribution in [2.45, 2.75) is 120 Å². The van der Waals surface area contributed by atoms with E-state index in [0.29, 0.717) is 27.6 Å². The van der Waals surface area contributed by atoms with E-state index in [9.17, 15) is 5.11 Å². The summed E-state index contributed by atoms with van der Waals surface area (Å²) in [6, 6.07) is 0. The second-order valence-corrected chi connectivity index (χ2v) is 15.1. The summed E-state index contributed by atoms with van der Waals surface area (Å²) in [5, 5.41) is 10.9. The maximum absolute atomic E-state index is 10.9. The summed E-state index contributed by atoms with van der Waals surface area (Å²) in [4.78, 5) is 0. The Hall–Kier alpha value is -0.300. The molecule has 4 saturated carbocycles. The molecule has 4 fully saturated rings. The average Bonchev–Trinajstić information content (AvgIpc) is 2.70. The van der Waals surface area contributed by atoms with Crippen LogP contribution in [0.3, 0.4) is 0 Å². The SMILES string of the molecule is CC1CCC2(C)C(C)CC3(C)C(=CCC4C5(C)CCC(O)C(C)(C)C5CCC43C)C2C1C. The predicted octanol–water partition coefficient (Wildman–Crippen LogP) is 8.27. The summed E-state index contributed by atoms with van der Waals surface area (Å²) in [5.74, 6) is 4.63. The van der Waals surface area contributed by atoms with Crippen molar-refractivity contribution in [2.75, 3.05) is 0 Å². The van der Waals surface area contributed by atoms with Gasteiger partial charge < -0.3 is 5.11 Å². The monoisotopic (exact) mass is 440 g/mol. The number of hydrogen-bond donors (Lipinski definition) is 1. The largest absolute Gasteiger partial charge is 0.393 e. The third kappa shape index (κ3) is 2.62. The van der Waals surface area contributed by atoms with Crippen LogP contribution in [0, 0.1) is 62.6 Å². The van der Waals surface area contributed by atoms with Crippen molar-refractivity contribution >= 4 is 0 Å². The van der Waals surface area contributed by atoms with Gasteiger partial charge in [-0.3, -0.25) is 0 Å². The first-order valence-electron chi connectivity index (χ1n) is 14.1. The van der Waals surface area contributed by atoms with Crippen LogP contribution in [-0.4, -0.2) is 11.2 Å². The summed E-state index contributed by atoms with van der Waals surface area (Å²) in [7, 11) is 0. The molecule has 5 aliphatic carbocycles. The lowest BCUT2D eigenvalue weighted by Gasteiger charge is -2.72. The smallest absolute Gasteiger partial charge is 0.0594 e. The molecule has 0 aromatic carbocycles. The van der Waals surface area contributed by atoms with E-state index >= 15 is 0 Å². The maximum atomic E-state index is 10.9. The van der Waals surface area contributed by atoms with Crippen LogP contribution in [0.1, 0.15) is 114 Å². The van der Waals surface area contributed by atoms with E-state index in [4.69, 9.17) is 0 Å². The van der Waals surface area contributed by atoms with Gasteiger partial charge in [0.1, 0.15) is 0 Å². The average molecular weight is 441 g/mol. The van der Waals surface area contributed by atoms with E-state index in [0.717, 1.165) is 36.0 Å². The fourth-order valence-corrected chi connectivity index (χ4v) is 11.3. The highest BCUT2D eigenvalue weighted by molar-refractivity contribution is 5.34. The van der Waals surface area contributed by atoms with Gasteiger partial charge in [0, 0.05) is 0 Å². The Morgan fingerprint density at radius 2 is 1.47 bits per heavy atom. The third-order valence-corrected chi connectivity index (χ3v) is 13.9. The van der Waals surface area contributed by atoms with Crippen LogP contribution < -0.4 is 0 Å². The minimum Gasteiger partial charge on any atom is -0.393 e. The summed E-state index contributed by atoms with van der Waals surface area (Å²) < 4.78 is 0. The van der Waals surface area contributed by atoms with E-state index in [1.165, 1.54) is 44.9 Å². The lowest BCUT2D eigenvalue weighted by molar-refractivity contribution is -0.208. The molecular weight excluding hydrogens is 388 g/mol. The predicted molar refractivity (Wildman–Crippen MR) is 135 cm³/mol. The molecule has 0 amide bonds. The van der Waals surface area contributed by atoms with Crippen molar-refractivity contribution in [1.29, 1.82) is 0 Å². The second kappa shape index (κ2) is 6.89. The Balaban J connectivity index is 1.61. The molecule has 0 bridgehead atoms. The van der Waals surface area contributed by atoms with Gasteiger partial charge in [-0.05, 0) is 114 Å². The van der Waals surface area contributed by atoms with Gasteiger partial charge in [-0.2, -0.15) is 0 Å². The molecule has 1 N–H and O–H groups in total. The van der Waals surface area contributed by atoms with Gasteiger partial charge >= 0.3 is 0 Å². The standard InChI is InChI=1S/C31H52O/c1-19-12-15-28(6)20(2)18-31(9)22(26(28)21(19)3)10-11-24-29(7)16-14-25(32)27(4,5)23(29)13-17-30(24,31)8/h10,19-21,23-26,32H,11-18H2,1-9H3. The fourth-order valence-electron chi connectivity index (χ4n) is 11.3. The molecule has 0 radical (unpaired) electrons. The minimum absolute atomic E-state index is 0.0466. The van der Waals surface area contributed by atoms with Crippen LogP contribution in [0.15, 0.2) is 11.6 Å². The highest BCUT2D eigenvalue weighted by atomic mass is 16.3. The van der Waals surface area contributed by atoms with Crippen molar-refractivity contribution < 1.29 is 5.11 Å². The molecule has 5 aliphatic rings. The Morgan fingerprint density at radius 1 is 0.812 bits per heavy atom. The second-order valence-electron chi connectivity index (χ2n) is 15.1. The molecule has 0 spiro atoms. The van der Waals surface area contributed by atoms with Crippen molar-refractivity contribution in [3.63, 3.8) is 0 Å². The Morgan fingerprint density at radius 3 is 2.16 bits per heavy atom. The van der Waals surface area contributed by atoms with Gasteiger partial charge in [0.25, 0.3) is 0 Å². The zero-order valence-electron chi connectivity index (χ0n) is 22.7. The molecule has 1 nitrogen and oxygen atoms in total. The van der Waals surface area contributed by atoms with Gasteiger partial charge in [-0.1, -0.05) is 74.0 Å². The van der Waals surface area contributed by atoms with Crippen LogP contribution >= 0.6 is 0 Å². The van der Waals surface area contributed by atoms with Crippen molar-refractivity contribution in [2.24, 2.45) is 62.6 Å². The first kappa shape index (κ1) is 23.4. The summed E-state index contributed by atoms with van der Waals surface area (Å²) in [5.41, 5.74) is 3.49. The van der Waals surface area contributed by atoms with E-state index in [1.807, 2.05) is 5.57 Å². The number of aliphatic hydroxyl groups excluding tert-OH is 1. The van der Waals surface area contributed by atoms with E-state index in [1.54, 1.807) is 0 Å². The Bertz CT molecular complexity index is 809. The third-order valence-electron chi connectivity index (χ3n) is 13.9. The summed E-state index contributed by atoms with van der Waals surface area (Å²) in [6.45, 7) is 23.2. The Labute approximate surface area is 199 Å². The van der Waals surface area contributed by atoms with E-state index in [2.05, 4.69) is 68.4 Å². The fraction of sp³-hybridized carbons (Fsp3) is 0.935. The highest BCUT2D eigenvalue weighted by Gasteiger charge is 2.68. The van der Waals surface area contributed by atoms with Crippen molar-refractivity contribution in [3.8, 4) is 0 Å². The van der Waals surface area contributed by atoms with Gasteiger partial charge in [-0.15, -0.1) is 0 Å². The van der Waals surface area contributed by atoms with E-state index in [-0.39, 0.29) is 11.5 Å². The van der Waals surface area contributed by atoms with Crippen LogP contribution in [0.4, 0.5) is 0 Å². The van der Waals surface area contributed by atoms with Crippen molar-refractivity contribution in [1.82, 2.24) is 0 Å². The molecule has 5 rings (SSSR count). The maximum Gasteiger partial charge on any atom is 0.0594 e. The molecule has 0 heterocycles. The zero-order valence-corrected chi connectivity index (χ0v) is 22.7. The van der Waals surface area contributed by atoms with E-state index < -0.39 is 0 Å². The lowest BCUT2D eigenvalue weighted by atomic mass is 9.32. The molecule has 11 unspecified atom stereocenters. The first-order valence-corrected chi connectivity index (χ1v) is 14.1. The molecule has 1 heteroatoms. The highest BCUT2D eigenvalue weighted by Crippen LogP contribution is 2.76. The molecule has 0 aliphatic heterocycles. The topological polar surface area (TPSA) is 20.2 Å². The quantitative estimate of drug-likeness (QED) is 0.376. The number of aliphatic hydroxyl groups is 1. The Kier molecular flexibility index (Phi) is 5.05. The molecule has 32 heavy (non-hydrogen) atoms. The molecule has 0 aromatic heterocycles. The van der Waals surface area contributed by atoms with Gasteiger partial charge in [0.05, 0.1) is 6.10 Å². The molecule has 0 aromatic rings. The molecule has 182 valence electrons. The normalized spacial score (nSPS) is 59.2. The van der Waals surface area contributed by atoms with Gasteiger partial charge in [0.15, 0.2) is 0 Å². The number of allylic oxidation sites excluding steroid dienone is 2. The van der Waals surface area contributed by atoms with Gasteiger partial charge in [-0.25, -0.2) is 0 Å². The summed E-state index contributed by atoms with van der Waals surface area (Å²) >= 11 is 0. The first-order chi connectivity index (χ1) is 14.7. The van der Waals surface area contributed by atoms with Gasteiger partial charge in [0.2, 0.25) is 0 Å². The number of hydrogen-bond acceptors (Lipinski definition) is 1.